The average Bonchev–Trinajstić information content (AvgIpc) is 2.69. The van der Waals surface area contributed by atoms with E-state index in [0.29, 0.717) is 18.7 Å². The Bertz CT molecular complexity index is 732. The summed E-state index contributed by atoms with van der Waals surface area (Å²) in [7, 11) is 0. The van der Waals surface area contributed by atoms with E-state index in [2.05, 4.69) is 16.0 Å². The summed E-state index contributed by atoms with van der Waals surface area (Å²) in [6.45, 7) is 2.67. The monoisotopic (exact) mass is 382 g/mol. The summed E-state index contributed by atoms with van der Waals surface area (Å²) in [5.74, 6) is 0.0599. The number of para-hydroxylation sites is 1. The molecule has 0 bridgehead atoms. The van der Waals surface area contributed by atoms with Crippen LogP contribution >= 0.6 is 0 Å². The molecule has 0 saturated heterocycles. The molecule has 2 aromatic carbocycles. The number of nitrogens with one attached hydrogen (secondary N) is 3. The Balaban J connectivity index is 1.76. The summed E-state index contributed by atoms with van der Waals surface area (Å²) in [6.07, 6.45) is 4.55. The minimum absolute atomic E-state index is 0.0599. The summed E-state index contributed by atoms with van der Waals surface area (Å²) < 4.78 is 0. The number of carbonyl (C=O) groups is 2. The number of unbranched alkanes of at least 4 members (excludes halogenated alkanes) is 3. The Labute approximate surface area is 166 Å². The number of amides is 3. The minimum Gasteiger partial charge on any atom is -0.350 e. The lowest BCUT2D eigenvalue weighted by Gasteiger charge is -2.15. The first-order valence-electron chi connectivity index (χ1n) is 9.81. The molecule has 5 N–H and O–H groups in total. The third kappa shape index (κ3) is 7.80. The van der Waals surface area contributed by atoms with Crippen LogP contribution in [0.5, 0.6) is 0 Å². The second-order valence-electron chi connectivity index (χ2n) is 6.81. The van der Waals surface area contributed by atoms with Gasteiger partial charge in [0.1, 0.15) is 0 Å². The highest BCUT2D eigenvalue weighted by Gasteiger charge is 2.10. The summed E-state index contributed by atoms with van der Waals surface area (Å²) in [5, 5.41) is 8.58. The van der Waals surface area contributed by atoms with Crippen LogP contribution in [0.25, 0.3) is 0 Å². The number of nitrogens with two attached hydrogens (primary N) is 1. The molecule has 0 aliphatic rings. The number of rotatable bonds is 10. The van der Waals surface area contributed by atoms with Gasteiger partial charge in [0.05, 0.1) is 6.04 Å². The van der Waals surface area contributed by atoms with Gasteiger partial charge in [0.25, 0.3) is 0 Å². The van der Waals surface area contributed by atoms with Crippen molar-refractivity contribution in [2.45, 2.75) is 45.1 Å². The maximum absolute atomic E-state index is 12.0. The van der Waals surface area contributed by atoms with Crippen molar-refractivity contribution in [1.29, 1.82) is 0 Å². The van der Waals surface area contributed by atoms with Gasteiger partial charge in [0.2, 0.25) is 5.91 Å². The van der Waals surface area contributed by atoms with Crippen LogP contribution < -0.4 is 21.7 Å². The highest BCUT2D eigenvalue weighted by atomic mass is 16.2. The topological polar surface area (TPSA) is 96.2 Å². The van der Waals surface area contributed by atoms with E-state index in [-0.39, 0.29) is 18.0 Å². The predicted molar refractivity (Wildman–Crippen MR) is 114 cm³/mol. The first kappa shape index (κ1) is 21.4. The molecule has 2 aromatic rings. The van der Waals surface area contributed by atoms with Gasteiger partial charge in [0, 0.05) is 17.8 Å². The van der Waals surface area contributed by atoms with Crippen molar-refractivity contribution in [3.8, 4) is 0 Å². The lowest BCUT2D eigenvalue weighted by Crippen LogP contribution is -2.26. The summed E-state index contributed by atoms with van der Waals surface area (Å²) in [5.41, 5.74) is 7.88. The molecule has 1 unspecified atom stereocenters. The van der Waals surface area contributed by atoms with Crippen molar-refractivity contribution in [2.24, 2.45) is 5.73 Å². The molecule has 0 aliphatic heterocycles. The molecule has 0 aliphatic carbocycles. The van der Waals surface area contributed by atoms with E-state index in [1.165, 1.54) is 0 Å². The fourth-order valence-electron chi connectivity index (χ4n) is 2.85. The summed E-state index contributed by atoms with van der Waals surface area (Å²) in [6, 6.07) is 16.4. The molecule has 0 spiro atoms. The van der Waals surface area contributed by atoms with Crippen LogP contribution in [0.3, 0.4) is 0 Å². The van der Waals surface area contributed by atoms with Gasteiger partial charge in [-0.2, -0.15) is 0 Å². The fourth-order valence-corrected chi connectivity index (χ4v) is 2.85. The zero-order chi connectivity index (χ0) is 20.2. The SMILES string of the molecule is CC(NC(=O)CCCCCCN)c1ccc(NC(=O)Nc2ccccc2)cc1. The van der Waals surface area contributed by atoms with Gasteiger partial charge in [-0.1, -0.05) is 43.2 Å². The van der Waals surface area contributed by atoms with Crippen molar-refractivity contribution in [3.63, 3.8) is 0 Å². The smallest absolute Gasteiger partial charge is 0.323 e. The quantitative estimate of drug-likeness (QED) is 0.458. The van der Waals surface area contributed by atoms with Crippen molar-refractivity contribution in [1.82, 2.24) is 5.32 Å². The summed E-state index contributed by atoms with van der Waals surface area (Å²) >= 11 is 0. The molecule has 150 valence electrons. The van der Waals surface area contributed by atoms with Crippen LogP contribution in [0.15, 0.2) is 54.6 Å². The highest BCUT2D eigenvalue weighted by molar-refractivity contribution is 5.99. The van der Waals surface area contributed by atoms with Gasteiger partial charge in [-0.15, -0.1) is 0 Å². The molecular formula is C22H30N4O2. The van der Waals surface area contributed by atoms with E-state index in [9.17, 15) is 9.59 Å². The lowest BCUT2D eigenvalue weighted by atomic mass is 10.1. The zero-order valence-electron chi connectivity index (χ0n) is 16.4. The number of benzene rings is 2. The second-order valence-corrected chi connectivity index (χ2v) is 6.81. The van der Waals surface area contributed by atoms with Crippen LogP contribution in [0.2, 0.25) is 0 Å². The van der Waals surface area contributed by atoms with Gasteiger partial charge in [-0.25, -0.2) is 4.79 Å². The van der Waals surface area contributed by atoms with E-state index >= 15 is 0 Å². The van der Waals surface area contributed by atoms with Crippen LogP contribution in [0, 0.1) is 0 Å². The third-order valence-electron chi connectivity index (χ3n) is 4.44. The fraction of sp³-hybridized carbons (Fsp3) is 0.364. The Kier molecular flexibility index (Phi) is 9.01. The van der Waals surface area contributed by atoms with Crippen molar-refractivity contribution in [3.05, 3.63) is 60.2 Å². The zero-order valence-corrected chi connectivity index (χ0v) is 16.4. The average molecular weight is 383 g/mol. The van der Waals surface area contributed by atoms with E-state index < -0.39 is 0 Å². The molecule has 0 saturated carbocycles. The van der Waals surface area contributed by atoms with Crippen LogP contribution in [0.4, 0.5) is 16.2 Å². The standard InChI is InChI=1S/C22H30N4O2/c1-17(24-21(27)11-7-2-3-8-16-23)18-12-14-20(15-13-18)26-22(28)25-19-9-5-4-6-10-19/h4-6,9-10,12-15,17H,2-3,7-8,11,16,23H2,1H3,(H,24,27)(H2,25,26,28). The van der Waals surface area contributed by atoms with E-state index in [0.717, 1.165) is 36.9 Å². The lowest BCUT2D eigenvalue weighted by molar-refractivity contribution is -0.121. The normalized spacial score (nSPS) is 11.5. The Morgan fingerprint density at radius 2 is 1.46 bits per heavy atom. The van der Waals surface area contributed by atoms with Crippen LogP contribution in [-0.4, -0.2) is 18.5 Å². The molecule has 1 atom stereocenters. The molecule has 2 rings (SSSR count). The van der Waals surface area contributed by atoms with Crippen LogP contribution in [-0.2, 0) is 4.79 Å². The molecule has 0 fully saturated rings. The molecule has 0 radical (unpaired) electrons. The van der Waals surface area contributed by atoms with Crippen molar-refractivity contribution < 1.29 is 9.59 Å². The Hall–Kier alpha value is -2.86. The number of urea groups is 1. The van der Waals surface area contributed by atoms with Crippen molar-refractivity contribution >= 4 is 23.3 Å². The molecule has 28 heavy (non-hydrogen) atoms. The van der Waals surface area contributed by atoms with Crippen LogP contribution in [0.1, 0.15) is 50.6 Å². The van der Waals surface area contributed by atoms with Gasteiger partial charge < -0.3 is 21.7 Å². The van der Waals surface area contributed by atoms with Gasteiger partial charge in [-0.3, -0.25) is 4.79 Å². The van der Waals surface area contributed by atoms with Gasteiger partial charge in [-0.05, 0) is 56.1 Å². The maximum atomic E-state index is 12.0. The molecule has 0 aromatic heterocycles. The molecule has 3 amide bonds. The molecular weight excluding hydrogens is 352 g/mol. The van der Waals surface area contributed by atoms with E-state index in [4.69, 9.17) is 5.73 Å². The Morgan fingerprint density at radius 1 is 0.857 bits per heavy atom. The molecule has 6 nitrogen and oxygen atoms in total. The molecule has 6 heteroatoms. The van der Waals surface area contributed by atoms with Crippen molar-refractivity contribution in [2.75, 3.05) is 17.2 Å². The Morgan fingerprint density at radius 3 is 2.11 bits per heavy atom. The number of carbonyl (C=O) groups excluding carboxylic acids is 2. The first-order valence-corrected chi connectivity index (χ1v) is 9.81. The highest BCUT2D eigenvalue weighted by Crippen LogP contribution is 2.17. The van der Waals surface area contributed by atoms with E-state index in [1.54, 1.807) is 0 Å². The minimum atomic E-state index is -0.296. The number of hydrogen-bond donors (Lipinski definition) is 4. The van der Waals surface area contributed by atoms with Gasteiger partial charge in [0.15, 0.2) is 0 Å². The van der Waals surface area contributed by atoms with E-state index in [1.807, 2.05) is 61.5 Å². The largest absolute Gasteiger partial charge is 0.350 e. The van der Waals surface area contributed by atoms with Gasteiger partial charge >= 0.3 is 6.03 Å². The number of anilines is 2. The summed E-state index contributed by atoms with van der Waals surface area (Å²) in [4.78, 5) is 24.1. The second kappa shape index (κ2) is 11.8. The number of hydrogen-bond acceptors (Lipinski definition) is 3. The molecule has 0 heterocycles. The first-order chi connectivity index (χ1) is 13.6. The third-order valence-corrected chi connectivity index (χ3v) is 4.44. The maximum Gasteiger partial charge on any atom is 0.323 e. The predicted octanol–water partition coefficient (Wildman–Crippen LogP) is 4.42.